The van der Waals surface area contributed by atoms with E-state index in [2.05, 4.69) is 20.6 Å². The average Bonchev–Trinajstić information content (AvgIpc) is 2.77. The first-order valence-electron chi connectivity index (χ1n) is 5.73. The maximum absolute atomic E-state index is 11.6. The van der Waals surface area contributed by atoms with Crippen LogP contribution in [0.25, 0.3) is 0 Å². The van der Waals surface area contributed by atoms with Crippen LogP contribution in [0.15, 0.2) is 12.5 Å². The van der Waals surface area contributed by atoms with E-state index >= 15 is 0 Å². The van der Waals surface area contributed by atoms with E-state index in [1.807, 2.05) is 0 Å². The number of aromatic amines is 1. The first kappa shape index (κ1) is 13.0. The Morgan fingerprint density at radius 2 is 2.39 bits per heavy atom. The molecular formula is C10H16N4O3S. The summed E-state index contributed by atoms with van der Waals surface area (Å²) in [5.41, 5.74) is 0.813. The maximum atomic E-state index is 11.6. The predicted molar refractivity (Wildman–Crippen MR) is 65.5 cm³/mol. The Hall–Kier alpha value is -1.41. The Balaban J connectivity index is 1.77. The van der Waals surface area contributed by atoms with Crippen molar-refractivity contribution in [2.24, 2.45) is 0 Å². The van der Waals surface area contributed by atoms with Crippen LogP contribution in [0.3, 0.4) is 0 Å². The molecule has 100 valence electrons. The molecule has 1 saturated heterocycles. The van der Waals surface area contributed by atoms with Gasteiger partial charge in [-0.3, -0.25) is 4.79 Å². The van der Waals surface area contributed by atoms with Crippen molar-refractivity contribution in [2.45, 2.75) is 19.0 Å². The van der Waals surface area contributed by atoms with Crippen molar-refractivity contribution >= 4 is 15.7 Å². The van der Waals surface area contributed by atoms with Gasteiger partial charge in [0.2, 0.25) is 5.91 Å². The van der Waals surface area contributed by atoms with Gasteiger partial charge in [-0.1, -0.05) is 0 Å². The van der Waals surface area contributed by atoms with Gasteiger partial charge in [-0.2, -0.15) is 0 Å². The number of sulfone groups is 1. The van der Waals surface area contributed by atoms with Crippen LogP contribution in [0.1, 0.15) is 12.1 Å². The van der Waals surface area contributed by atoms with Crippen molar-refractivity contribution < 1.29 is 13.2 Å². The highest BCUT2D eigenvalue weighted by Crippen LogP contribution is 2.05. The van der Waals surface area contributed by atoms with E-state index in [0.717, 1.165) is 5.69 Å². The number of imidazole rings is 1. The van der Waals surface area contributed by atoms with Crippen LogP contribution < -0.4 is 10.6 Å². The molecule has 2 rings (SSSR count). The molecule has 0 radical (unpaired) electrons. The molecule has 1 aliphatic rings. The number of carbonyl (C=O) groups is 1. The summed E-state index contributed by atoms with van der Waals surface area (Å²) in [6, 6.07) is -0.287. The van der Waals surface area contributed by atoms with Crippen molar-refractivity contribution in [3.63, 3.8) is 0 Å². The third kappa shape index (κ3) is 3.81. The van der Waals surface area contributed by atoms with Crippen molar-refractivity contribution in [3.8, 4) is 0 Å². The molecule has 1 aromatic heterocycles. The van der Waals surface area contributed by atoms with E-state index in [-0.39, 0.29) is 29.9 Å². The molecule has 1 amide bonds. The van der Waals surface area contributed by atoms with Gasteiger partial charge in [0.25, 0.3) is 0 Å². The molecule has 2 heterocycles. The molecule has 3 N–H and O–H groups in total. The van der Waals surface area contributed by atoms with Gasteiger partial charge in [-0.15, -0.1) is 0 Å². The van der Waals surface area contributed by atoms with Gasteiger partial charge < -0.3 is 15.6 Å². The molecule has 1 aromatic rings. The van der Waals surface area contributed by atoms with Crippen LogP contribution in [-0.2, 0) is 21.2 Å². The maximum Gasteiger partial charge on any atom is 0.221 e. The smallest absolute Gasteiger partial charge is 0.221 e. The zero-order chi connectivity index (χ0) is 13.0. The standard InChI is InChI=1S/C10H16N4O3S/c15-10(13-5-9-4-11-7-14-9)3-8-6-18(16,17)2-1-12-8/h4,7-8,12H,1-3,5-6H2,(H,11,14)(H,13,15). The summed E-state index contributed by atoms with van der Waals surface area (Å²) in [5.74, 6) is 0.0169. The molecule has 0 aromatic carbocycles. The highest BCUT2D eigenvalue weighted by atomic mass is 32.2. The summed E-state index contributed by atoms with van der Waals surface area (Å²) in [4.78, 5) is 18.3. The molecule has 0 saturated carbocycles. The summed E-state index contributed by atoms with van der Waals surface area (Å²) in [6.45, 7) is 0.791. The fourth-order valence-corrected chi connectivity index (χ4v) is 3.31. The van der Waals surface area contributed by atoms with Crippen molar-refractivity contribution in [1.82, 2.24) is 20.6 Å². The Morgan fingerprint density at radius 3 is 3.06 bits per heavy atom. The van der Waals surface area contributed by atoms with Gasteiger partial charge in [0.1, 0.15) is 0 Å². The van der Waals surface area contributed by atoms with Gasteiger partial charge >= 0.3 is 0 Å². The second-order valence-electron chi connectivity index (χ2n) is 4.32. The number of aromatic nitrogens is 2. The molecule has 8 heteroatoms. The molecule has 7 nitrogen and oxygen atoms in total. The largest absolute Gasteiger partial charge is 0.350 e. The van der Waals surface area contributed by atoms with Crippen molar-refractivity contribution in [3.05, 3.63) is 18.2 Å². The van der Waals surface area contributed by atoms with Crippen LogP contribution in [0.5, 0.6) is 0 Å². The van der Waals surface area contributed by atoms with Crippen LogP contribution >= 0.6 is 0 Å². The minimum absolute atomic E-state index is 0.0322. The van der Waals surface area contributed by atoms with E-state index in [1.165, 1.54) is 6.33 Å². The zero-order valence-electron chi connectivity index (χ0n) is 9.85. The summed E-state index contributed by atoms with van der Waals surface area (Å²) in [7, 11) is -2.99. The SMILES string of the molecule is O=C(CC1CS(=O)(=O)CCN1)NCc1cnc[nH]1. The number of amides is 1. The molecule has 1 fully saturated rings. The molecular weight excluding hydrogens is 256 g/mol. The number of rotatable bonds is 4. The molecule has 0 bridgehead atoms. The van der Waals surface area contributed by atoms with Crippen molar-refractivity contribution in [2.75, 3.05) is 18.1 Å². The zero-order valence-corrected chi connectivity index (χ0v) is 10.7. The second kappa shape index (κ2) is 5.49. The van der Waals surface area contributed by atoms with Crippen LogP contribution in [0.2, 0.25) is 0 Å². The lowest BCUT2D eigenvalue weighted by atomic mass is 10.2. The third-order valence-electron chi connectivity index (χ3n) is 2.76. The first-order chi connectivity index (χ1) is 8.55. The van der Waals surface area contributed by atoms with Gasteiger partial charge in [0, 0.05) is 25.2 Å². The highest BCUT2D eigenvalue weighted by Gasteiger charge is 2.25. The first-order valence-corrected chi connectivity index (χ1v) is 7.55. The van der Waals surface area contributed by atoms with E-state index in [1.54, 1.807) is 6.20 Å². The number of nitrogens with one attached hydrogen (secondary N) is 3. The Bertz CT molecular complexity index is 497. The van der Waals surface area contributed by atoms with E-state index in [4.69, 9.17) is 0 Å². The van der Waals surface area contributed by atoms with Crippen LogP contribution in [0, 0.1) is 0 Å². The molecule has 18 heavy (non-hydrogen) atoms. The third-order valence-corrected chi connectivity index (χ3v) is 4.50. The number of H-pyrrole nitrogens is 1. The second-order valence-corrected chi connectivity index (χ2v) is 6.55. The molecule has 1 aliphatic heterocycles. The number of hydrogen-bond donors (Lipinski definition) is 3. The Morgan fingerprint density at radius 1 is 1.56 bits per heavy atom. The lowest BCUT2D eigenvalue weighted by Gasteiger charge is -2.23. The molecule has 0 aliphatic carbocycles. The number of carbonyl (C=O) groups excluding carboxylic acids is 1. The van der Waals surface area contributed by atoms with Gasteiger partial charge in [-0.05, 0) is 0 Å². The summed E-state index contributed by atoms with van der Waals surface area (Å²) in [6.07, 6.45) is 3.34. The van der Waals surface area contributed by atoms with E-state index in [9.17, 15) is 13.2 Å². The normalized spacial score (nSPS) is 22.6. The summed E-state index contributed by atoms with van der Waals surface area (Å²) < 4.78 is 22.8. The number of nitrogens with zero attached hydrogens (tertiary/aromatic N) is 1. The quantitative estimate of drug-likeness (QED) is 0.639. The predicted octanol–water partition coefficient (Wildman–Crippen LogP) is -1.20. The van der Waals surface area contributed by atoms with E-state index < -0.39 is 9.84 Å². The van der Waals surface area contributed by atoms with Gasteiger partial charge in [0.15, 0.2) is 9.84 Å². The molecule has 0 spiro atoms. The summed E-state index contributed by atoms with van der Waals surface area (Å²) >= 11 is 0. The van der Waals surface area contributed by atoms with Crippen molar-refractivity contribution in [1.29, 1.82) is 0 Å². The fraction of sp³-hybridized carbons (Fsp3) is 0.600. The Kier molecular flexibility index (Phi) is 3.97. The topological polar surface area (TPSA) is 104 Å². The molecule has 1 atom stereocenters. The van der Waals surface area contributed by atoms with Gasteiger partial charge in [0.05, 0.1) is 30.1 Å². The lowest BCUT2D eigenvalue weighted by Crippen LogP contribution is -2.47. The highest BCUT2D eigenvalue weighted by molar-refractivity contribution is 7.91. The number of hydrogen-bond acceptors (Lipinski definition) is 5. The summed E-state index contributed by atoms with van der Waals surface area (Å²) in [5, 5.41) is 5.75. The van der Waals surface area contributed by atoms with Crippen LogP contribution in [0.4, 0.5) is 0 Å². The monoisotopic (exact) mass is 272 g/mol. The van der Waals surface area contributed by atoms with E-state index in [0.29, 0.717) is 13.1 Å². The molecule has 1 unspecified atom stereocenters. The fourth-order valence-electron chi connectivity index (χ4n) is 1.87. The Labute approximate surface area is 105 Å². The lowest BCUT2D eigenvalue weighted by molar-refractivity contribution is -0.121. The van der Waals surface area contributed by atoms with Gasteiger partial charge in [-0.25, -0.2) is 13.4 Å². The minimum atomic E-state index is -2.99. The average molecular weight is 272 g/mol. The minimum Gasteiger partial charge on any atom is -0.350 e. The van der Waals surface area contributed by atoms with Crippen LogP contribution in [-0.4, -0.2) is 48.4 Å².